The Hall–Kier alpha value is -1.64. The lowest BCUT2D eigenvalue weighted by atomic mass is 9.96. The van der Waals surface area contributed by atoms with Crippen LogP contribution in [0.5, 0.6) is 5.75 Å². The van der Waals surface area contributed by atoms with E-state index in [4.69, 9.17) is 10.5 Å². The first kappa shape index (κ1) is 18.7. The molecule has 1 fully saturated rings. The zero-order valence-corrected chi connectivity index (χ0v) is 15.0. The molecular formula is C16H25N3O4S. The molecule has 0 atom stereocenters. The van der Waals surface area contributed by atoms with Crippen molar-refractivity contribution in [2.45, 2.75) is 17.7 Å². The van der Waals surface area contributed by atoms with E-state index in [0.717, 1.165) is 32.5 Å². The van der Waals surface area contributed by atoms with Crippen LogP contribution in [0.4, 0.5) is 0 Å². The number of hydrogen-bond acceptors (Lipinski definition) is 5. The second-order valence-corrected chi connectivity index (χ2v) is 8.28. The summed E-state index contributed by atoms with van der Waals surface area (Å²) in [6, 6.07) is 6.41. The molecule has 0 bridgehead atoms. The van der Waals surface area contributed by atoms with E-state index in [2.05, 4.69) is 4.90 Å². The lowest BCUT2D eigenvalue weighted by molar-refractivity contribution is -0.123. The molecule has 1 saturated heterocycles. The molecule has 1 aliphatic heterocycles. The summed E-state index contributed by atoms with van der Waals surface area (Å²) in [6.45, 7) is 2.97. The van der Waals surface area contributed by atoms with Gasteiger partial charge in [-0.05, 0) is 50.2 Å². The molecular weight excluding hydrogens is 330 g/mol. The highest BCUT2D eigenvalue weighted by Gasteiger charge is 2.22. The van der Waals surface area contributed by atoms with Crippen molar-refractivity contribution in [2.75, 3.05) is 40.3 Å². The lowest BCUT2D eigenvalue weighted by Gasteiger charge is -2.30. The first-order valence-corrected chi connectivity index (χ1v) is 9.42. The van der Waals surface area contributed by atoms with Crippen LogP contribution >= 0.6 is 0 Å². The molecule has 1 heterocycles. The average Bonchev–Trinajstić information content (AvgIpc) is 2.55. The highest BCUT2D eigenvalue weighted by atomic mass is 32.2. The van der Waals surface area contributed by atoms with Crippen molar-refractivity contribution < 1.29 is 17.9 Å². The summed E-state index contributed by atoms with van der Waals surface area (Å²) in [6.07, 6.45) is 1.60. The monoisotopic (exact) mass is 355 g/mol. The van der Waals surface area contributed by atoms with E-state index in [-0.39, 0.29) is 16.7 Å². The third-order valence-electron chi connectivity index (χ3n) is 4.27. The third kappa shape index (κ3) is 4.68. The number of piperidine rings is 1. The minimum absolute atomic E-state index is 0.00615. The van der Waals surface area contributed by atoms with Crippen LogP contribution in [0, 0.1) is 5.92 Å². The summed E-state index contributed by atoms with van der Waals surface area (Å²) >= 11 is 0. The van der Waals surface area contributed by atoms with Gasteiger partial charge in [-0.2, -0.15) is 0 Å². The fraction of sp³-hybridized carbons (Fsp3) is 0.562. The minimum atomic E-state index is -3.41. The van der Waals surface area contributed by atoms with Gasteiger partial charge in [0.05, 0.1) is 4.90 Å². The van der Waals surface area contributed by atoms with Crippen LogP contribution in [0.15, 0.2) is 29.2 Å². The number of ether oxygens (including phenoxy) is 1. The first-order chi connectivity index (χ1) is 11.3. The van der Waals surface area contributed by atoms with Gasteiger partial charge in [-0.15, -0.1) is 0 Å². The van der Waals surface area contributed by atoms with E-state index < -0.39 is 10.0 Å². The minimum Gasteiger partial charge on any atom is -0.492 e. The smallest absolute Gasteiger partial charge is 0.242 e. The van der Waals surface area contributed by atoms with Gasteiger partial charge >= 0.3 is 0 Å². The van der Waals surface area contributed by atoms with Gasteiger partial charge in [0.25, 0.3) is 0 Å². The first-order valence-electron chi connectivity index (χ1n) is 7.98. The Kier molecular flexibility index (Phi) is 6.20. The van der Waals surface area contributed by atoms with Crippen LogP contribution < -0.4 is 10.5 Å². The van der Waals surface area contributed by atoms with Crippen molar-refractivity contribution in [1.82, 2.24) is 9.21 Å². The lowest BCUT2D eigenvalue weighted by Crippen LogP contribution is -2.40. The largest absolute Gasteiger partial charge is 0.492 e. The number of nitrogens with zero attached hydrogens (tertiary/aromatic N) is 2. The van der Waals surface area contributed by atoms with Crippen molar-refractivity contribution in [3.63, 3.8) is 0 Å². The predicted octanol–water partition coefficient (Wildman–Crippen LogP) is 0.513. The van der Waals surface area contributed by atoms with Crippen LogP contribution in [-0.4, -0.2) is 63.9 Å². The molecule has 0 unspecified atom stereocenters. The number of nitrogens with two attached hydrogens (primary N) is 1. The molecule has 1 aromatic carbocycles. The van der Waals surface area contributed by atoms with E-state index in [0.29, 0.717) is 12.4 Å². The summed E-state index contributed by atoms with van der Waals surface area (Å²) in [4.78, 5) is 13.6. The second-order valence-electron chi connectivity index (χ2n) is 6.13. The number of primary amides is 1. The maximum Gasteiger partial charge on any atom is 0.242 e. The Morgan fingerprint density at radius 1 is 1.25 bits per heavy atom. The third-order valence-corrected chi connectivity index (χ3v) is 6.10. The summed E-state index contributed by atoms with van der Waals surface area (Å²) in [5, 5.41) is 0. The molecule has 0 saturated carbocycles. The van der Waals surface area contributed by atoms with Crippen molar-refractivity contribution in [2.24, 2.45) is 11.7 Å². The van der Waals surface area contributed by atoms with Gasteiger partial charge in [0, 0.05) is 26.6 Å². The molecule has 2 N–H and O–H groups in total. The number of likely N-dealkylation sites (tertiary alicyclic amines) is 1. The number of hydrogen-bond donors (Lipinski definition) is 1. The van der Waals surface area contributed by atoms with E-state index in [1.807, 2.05) is 0 Å². The predicted molar refractivity (Wildman–Crippen MR) is 91.2 cm³/mol. The Balaban J connectivity index is 1.78. The molecule has 8 heteroatoms. The van der Waals surface area contributed by atoms with Crippen LogP contribution in [0.3, 0.4) is 0 Å². The highest BCUT2D eigenvalue weighted by Crippen LogP contribution is 2.19. The number of rotatable bonds is 7. The molecule has 134 valence electrons. The van der Waals surface area contributed by atoms with Crippen LogP contribution in [0.2, 0.25) is 0 Å². The van der Waals surface area contributed by atoms with Gasteiger partial charge in [0.15, 0.2) is 0 Å². The number of sulfonamides is 1. The van der Waals surface area contributed by atoms with Crippen LogP contribution in [0.1, 0.15) is 12.8 Å². The van der Waals surface area contributed by atoms with Gasteiger partial charge < -0.3 is 10.5 Å². The normalized spacial score (nSPS) is 17.1. The summed E-state index contributed by atoms with van der Waals surface area (Å²) in [7, 11) is -0.410. The maximum absolute atomic E-state index is 12.0. The number of carbonyl (C=O) groups is 1. The average molecular weight is 355 g/mol. The topological polar surface area (TPSA) is 92.9 Å². The molecule has 1 amide bonds. The summed E-state index contributed by atoms with van der Waals surface area (Å²) < 4.78 is 30.8. The second kappa shape index (κ2) is 7.96. The van der Waals surface area contributed by atoms with Crippen molar-refractivity contribution >= 4 is 15.9 Å². The fourth-order valence-electron chi connectivity index (χ4n) is 2.65. The van der Waals surface area contributed by atoms with E-state index in [1.165, 1.54) is 18.4 Å². The Morgan fingerprint density at radius 2 is 1.83 bits per heavy atom. The number of carbonyl (C=O) groups excluding carboxylic acids is 1. The standard InChI is InChI=1S/C16H25N3O4S/c1-18(2)24(21,22)15-5-3-14(4-6-15)23-12-11-19-9-7-13(8-10-19)16(17)20/h3-6,13H,7-12H2,1-2H3,(H2,17,20). The molecule has 7 nitrogen and oxygen atoms in total. The molecule has 0 aliphatic carbocycles. The van der Waals surface area contributed by atoms with Crippen molar-refractivity contribution in [1.29, 1.82) is 0 Å². The van der Waals surface area contributed by atoms with Crippen molar-refractivity contribution in [3.8, 4) is 5.75 Å². The SMILES string of the molecule is CN(C)S(=O)(=O)c1ccc(OCCN2CCC(C(N)=O)CC2)cc1. The number of amides is 1. The molecule has 2 rings (SSSR count). The Morgan fingerprint density at radius 3 is 2.33 bits per heavy atom. The maximum atomic E-state index is 12.0. The highest BCUT2D eigenvalue weighted by molar-refractivity contribution is 7.89. The Labute approximate surface area is 143 Å². The van der Waals surface area contributed by atoms with Crippen LogP contribution in [0.25, 0.3) is 0 Å². The fourth-order valence-corrected chi connectivity index (χ4v) is 3.55. The zero-order valence-electron chi connectivity index (χ0n) is 14.1. The number of benzene rings is 1. The molecule has 24 heavy (non-hydrogen) atoms. The molecule has 1 aliphatic rings. The van der Waals surface area contributed by atoms with E-state index in [1.54, 1.807) is 24.3 Å². The van der Waals surface area contributed by atoms with Gasteiger partial charge in [-0.25, -0.2) is 12.7 Å². The molecule has 0 spiro atoms. The van der Waals surface area contributed by atoms with Gasteiger partial charge in [0.1, 0.15) is 12.4 Å². The van der Waals surface area contributed by atoms with Crippen molar-refractivity contribution in [3.05, 3.63) is 24.3 Å². The molecule has 1 aromatic rings. The zero-order chi connectivity index (χ0) is 17.7. The van der Waals surface area contributed by atoms with E-state index >= 15 is 0 Å². The molecule has 0 radical (unpaired) electrons. The van der Waals surface area contributed by atoms with Gasteiger partial charge in [-0.3, -0.25) is 9.69 Å². The summed E-state index contributed by atoms with van der Waals surface area (Å²) in [5.41, 5.74) is 5.32. The molecule has 0 aromatic heterocycles. The Bertz CT molecular complexity index is 650. The van der Waals surface area contributed by atoms with E-state index in [9.17, 15) is 13.2 Å². The quantitative estimate of drug-likeness (QED) is 0.769. The summed E-state index contributed by atoms with van der Waals surface area (Å²) in [5.74, 6) is 0.423. The van der Waals surface area contributed by atoms with Crippen LogP contribution in [-0.2, 0) is 14.8 Å². The van der Waals surface area contributed by atoms with Gasteiger partial charge in [0.2, 0.25) is 15.9 Å². The van der Waals surface area contributed by atoms with Gasteiger partial charge in [-0.1, -0.05) is 0 Å².